The highest BCUT2D eigenvalue weighted by Crippen LogP contribution is 2.62. The number of primary amides is 1. The topological polar surface area (TPSA) is 165 Å². The molecule has 2 heterocycles. The van der Waals surface area contributed by atoms with E-state index in [9.17, 15) is 32.3 Å². The molecule has 0 spiro atoms. The van der Waals surface area contributed by atoms with Crippen molar-refractivity contribution in [3.63, 3.8) is 0 Å². The molecule has 38 heavy (non-hydrogen) atoms. The fourth-order valence-corrected chi connectivity index (χ4v) is 4.98. The van der Waals surface area contributed by atoms with E-state index in [0.717, 1.165) is 37.3 Å². The van der Waals surface area contributed by atoms with Gasteiger partial charge in [-0.3, -0.25) is 19.2 Å². The Hall–Kier alpha value is -2.70. The number of aldehydes is 1. The van der Waals surface area contributed by atoms with Crippen LogP contribution in [0, 0.1) is 29.1 Å². The molecule has 0 radical (unpaired) electrons. The predicted octanol–water partition coefficient (Wildman–Crippen LogP) is 1.11. The Labute approximate surface area is 221 Å². The zero-order valence-electron chi connectivity index (χ0n) is 22.8. The number of likely N-dealkylation sites (tertiary alicyclic amines) is 1. The fraction of sp³-hybridized carbons (Fsp3) is 0.800. The van der Waals surface area contributed by atoms with Gasteiger partial charge in [0.05, 0.1) is 6.04 Å². The van der Waals surface area contributed by atoms with E-state index >= 15 is 0 Å². The highest BCUT2D eigenvalue weighted by atomic mass is 19.4. The lowest BCUT2D eigenvalue weighted by atomic mass is 9.92. The molecule has 4 fully saturated rings. The zero-order valence-corrected chi connectivity index (χ0v) is 22.8. The Morgan fingerprint density at radius 2 is 1.63 bits per heavy atom. The minimum atomic E-state index is -4.86. The van der Waals surface area contributed by atoms with E-state index in [2.05, 4.69) is 40.8 Å². The van der Waals surface area contributed by atoms with Gasteiger partial charge in [0, 0.05) is 31.0 Å². The molecule has 13 heteroatoms. The second kappa shape index (κ2) is 13.4. The summed E-state index contributed by atoms with van der Waals surface area (Å²) >= 11 is 0. The maximum Gasteiger partial charge on any atom is 0.470 e. The molecule has 2 saturated heterocycles. The molecule has 6 N–H and O–H groups in total. The van der Waals surface area contributed by atoms with E-state index in [4.69, 9.17) is 4.79 Å². The number of hydrogen-bond acceptors (Lipinski definition) is 6. The number of carbonyl (C=O) groups is 5. The third-order valence-electron chi connectivity index (χ3n) is 7.49. The molecule has 2 saturated carbocycles. The number of nitrogens with zero attached hydrogens (tertiary/aromatic N) is 1. The number of nitrogens with two attached hydrogens (primary N) is 2. The molecule has 4 atom stereocenters. The van der Waals surface area contributed by atoms with Crippen LogP contribution in [0.25, 0.3) is 0 Å². The number of carbonyl (C=O) groups excluding carboxylic acids is 5. The van der Waals surface area contributed by atoms with Crippen LogP contribution >= 0.6 is 0 Å². The van der Waals surface area contributed by atoms with Crippen molar-refractivity contribution in [1.29, 1.82) is 0 Å². The van der Waals surface area contributed by atoms with Crippen molar-refractivity contribution >= 4 is 30.4 Å². The van der Waals surface area contributed by atoms with Crippen LogP contribution in [0.3, 0.4) is 0 Å². The van der Waals surface area contributed by atoms with Crippen LogP contribution in [-0.4, -0.2) is 73.2 Å². The van der Waals surface area contributed by atoms with Crippen LogP contribution in [0.15, 0.2) is 0 Å². The number of piperidine rings is 1. The van der Waals surface area contributed by atoms with Gasteiger partial charge >= 0.3 is 12.1 Å². The highest BCUT2D eigenvalue weighted by molar-refractivity contribution is 5.82. The molecule has 0 aromatic rings. The lowest BCUT2D eigenvalue weighted by Gasteiger charge is -2.22. The van der Waals surface area contributed by atoms with Gasteiger partial charge in [0.1, 0.15) is 6.29 Å². The predicted molar refractivity (Wildman–Crippen MR) is 134 cm³/mol. The quantitative estimate of drug-likeness (QED) is 0.348. The van der Waals surface area contributed by atoms with Crippen molar-refractivity contribution < 1.29 is 37.1 Å². The van der Waals surface area contributed by atoms with Crippen molar-refractivity contribution in [2.75, 3.05) is 20.1 Å². The molecule has 2 aliphatic heterocycles. The van der Waals surface area contributed by atoms with Crippen molar-refractivity contribution in [1.82, 2.24) is 15.5 Å². The van der Waals surface area contributed by atoms with Gasteiger partial charge in [-0.05, 0) is 69.7 Å². The van der Waals surface area contributed by atoms with Gasteiger partial charge in [-0.1, -0.05) is 13.8 Å². The summed E-state index contributed by atoms with van der Waals surface area (Å²) in [5.41, 5.74) is 8.63. The first-order valence-electron chi connectivity index (χ1n) is 12.7. The van der Waals surface area contributed by atoms with E-state index < -0.39 is 18.1 Å². The van der Waals surface area contributed by atoms with Crippen molar-refractivity contribution in [3.8, 4) is 0 Å². The number of alkyl halides is 3. The molecule has 4 aliphatic rings. The molecular weight excluding hydrogens is 507 g/mol. The zero-order chi connectivity index (χ0) is 29.5. The molecule has 4 rings (SSSR count). The van der Waals surface area contributed by atoms with Crippen LogP contribution in [0.2, 0.25) is 0 Å². The summed E-state index contributed by atoms with van der Waals surface area (Å²) in [6.45, 7) is 10.6. The Morgan fingerprint density at radius 3 is 1.97 bits per heavy atom. The SMILES string of the molecule is CC1(C)C2CN(C(=O)CC3CC3)CC21.CC1(C)CC(CC(C=O)NC=O)C(=O)N1.CN.NC(=O)C(F)(F)F. The molecule has 0 bridgehead atoms. The van der Waals surface area contributed by atoms with Crippen LogP contribution < -0.4 is 22.1 Å². The minimum Gasteiger partial charge on any atom is -0.362 e. The smallest absolute Gasteiger partial charge is 0.362 e. The number of halogens is 3. The number of rotatable bonds is 7. The first kappa shape index (κ1) is 33.3. The van der Waals surface area contributed by atoms with Crippen molar-refractivity contribution in [3.05, 3.63) is 0 Å². The van der Waals surface area contributed by atoms with Crippen molar-refractivity contribution in [2.24, 2.45) is 40.6 Å². The number of fused-ring (bicyclic) bond motifs is 1. The van der Waals surface area contributed by atoms with Crippen molar-refractivity contribution in [2.45, 2.75) is 77.6 Å². The highest BCUT2D eigenvalue weighted by Gasteiger charge is 2.62. The monoisotopic (exact) mass is 549 g/mol. The standard InChI is InChI=1S/C12H19NO.C10H16N2O3.C2H2F3NO.CH5N/c1-12(2)9-6-13(7-10(9)12)11(14)5-8-3-4-8;1-10(2)4-7(9(15)12-10)3-8(5-13)11-6-14;3-2(4,5)1(6)7;1-2/h8-10H,3-7H2,1-2H3;5-8H,3-4H2,1-2H3,(H,11,14)(H,12,15);(H2,6,7);2H2,1H3. The van der Waals surface area contributed by atoms with Gasteiger partial charge in [0.15, 0.2) is 0 Å². The molecule has 2 aliphatic carbocycles. The molecule has 0 aromatic heterocycles. The Balaban J connectivity index is 0.000000293. The third kappa shape index (κ3) is 9.88. The first-order valence-corrected chi connectivity index (χ1v) is 12.7. The van der Waals surface area contributed by atoms with Gasteiger partial charge in [-0.2, -0.15) is 13.2 Å². The van der Waals surface area contributed by atoms with Gasteiger partial charge in [0.25, 0.3) is 0 Å². The molecule has 0 aromatic carbocycles. The van der Waals surface area contributed by atoms with Crippen LogP contribution in [0.5, 0.6) is 0 Å². The van der Waals surface area contributed by atoms with E-state index in [1.54, 1.807) is 0 Å². The van der Waals surface area contributed by atoms with E-state index in [-0.39, 0.29) is 17.4 Å². The summed E-state index contributed by atoms with van der Waals surface area (Å²) in [6.07, 6.45) is 0.758. The lowest BCUT2D eigenvalue weighted by molar-refractivity contribution is -0.169. The van der Waals surface area contributed by atoms with Crippen LogP contribution in [0.4, 0.5) is 13.2 Å². The fourth-order valence-electron chi connectivity index (χ4n) is 4.98. The summed E-state index contributed by atoms with van der Waals surface area (Å²) in [4.78, 5) is 55.3. The van der Waals surface area contributed by atoms with Gasteiger partial charge in [-0.25, -0.2) is 0 Å². The van der Waals surface area contributed by atoms with E-state index in [0.29, 0.717) is 36.9 Å². The average Bonchev–Trinajstić information content (AvgIpc) is 3.60. The number of hydrogen-bond donors (Lipinski definition) is 4. The number of amides is 4. The maximum atomic E-state index is 11.8. The molecule has 218 valence electrons. The van der Waals surface area contributed by atoms with E-state index in [1.165, 1.54) is 19.9 Å². The second-order valence-corrected chi connectivity index (χ2v) is 11.4. The second-order valence-electron chi connectivity index (χ2n) is 11.4. The Bertz CT molecular complexity index is 847. The summed E-state index contributed by atoms with van der Waals surface area (Å²) in [6, 6.07) is -0.563. The third-order valence-corrected chi connectivity index (χ3v) is 7.49. The largest absolute Gasteiger partial charge is 0.470 e. The minimum absolute atomic E-state index is 0.0421. The molecular formula is C25H42F3N5O5. The normalized spacial score (nSPS) is 26.4. The average molecular weight is 550 g/mol. The van der Waals surface area contributed by atoms with E-state index in [1.807, 2.05) is 13.8 Å². The maximum absolute atomic E-state index is 11.8. The van der Waals surface area contributed by atoms with Crippen LogP contribution in [0.1, 0.15) is 59.8 Å². The first-order chi connectivity index (χ1) is 17.5. The summed E-state index contributed by atoms with van der Waals surface area (Å²) in [5, 5.41) is 5.22. The molecule has 10 nitrogen and oxygen atoms in total. The summed E-state index contributed by atoms with van der Waals surface area (Å²) in [5.74, 6) is 0.300. The summed E-state index contributed by atoms with van der Waals surface area (Å²) in [7, 11) is 1.50. The van der Waals surface area contributed by atoms with Gasteiger partial charge in [0.2, 0.25) is 18.2 Å². The van der Waals surface area contributed by atoms with Gasteiger partial charge < -0.3 is 31.8 Å². The molecule has 4 unspecified atom stereocenters. The number of nitrogens with one attached hydrogen (secondary N) is 2. The Kier molecular flexibility index (Phi) is 11.7. The molecule has 4 amide bonds. The Morgan fingerprint density at radius 1 is 1.13 bits per heavy atom. The lowest BCUT2D eigenvalue weighted by Crippen LogP contribution is -2.35. The summed E-state index contributed by atoms with van der Waals surface area (Å²) < 4.78 is 32.1. The van der Waals surface area contributed by atoms with Crippen LogP contribution in [-0.2, 0) is 24.0 Å². The van der Waals surface area contributed by atoms with Gasteiger partial charge in [-0.15, -0.1) is 0 Å².